The molecule has 0 N–H and O–H groups in total. The molecule has 5 aromatic heterocycles. The molecule has 231 valence electrons. The largest absolute Gasteiger partial charge is 0.486 e. The van der Waals surface area contributed by atoms with Gasteiger partial charge in [0.25, 0.3) is 0 Å². The summed E-state index contributed by atoms with van der Waals surface area (Å²) in [5.41, 5.74) is 9.80. The molecule has 0 unspecified atom stereocenters. The van der Waals surface area contributed by atoms with Crippen LogP contribution in [-0.4, -0.2) is 15.0 Å². The van der Waals surface area contributed by atoms with Crippen LogP contribution >= 0.6 is 11.3 Å². The summed E-state index contributed by atoms with van der Waals surface area (Å²) in [6, 6.07) is 24.7. The second-order valence-corrected chi connectivity index (χ2v) is 13.7. The second-order valence-electron chi connectivity index (χ2n) is 12.4. The molecule has 0 saturated carbocycles. The molecule has 7 rings (SSSR count). The molecule has 0 bridgehead atoms. The van der Waals surface area contributed by atoms with Crippen LogP contribution in [0.4, 0.5) is 0 Å². The van der Waals surface area contributed by atoms with E-state index >= 15 is 0 Å². The minimum absolute atomic E-state index is 0. The number of furan rings is 1. The molecule has 1 radical (unpaired) electrons. The summed E-state index contributed by atoms with van der Waals surface area (Å²) in [5.74, 6) is 0. The topological polar surface area (TPSA) is 51.8 Å². The van der Waals surface area contributed by atoms with Gasteiger partial charge in [-0.15, -0.1) is 64.9 Å². The first-order valence-corrected chi connectivity index (χ1v) is 15.6. The fraction of sp³-hybridized carbons (Fsp3) is 0.256. The van der Waals surface area contributed by atoms with E-state index in [-0.39, 0.29) is 20.1 Å². The van der Waals surface area contributed by atoms with E-state index in [1.165, 1.54) is 16.7 Å². The zero-order chi connectivity index (χ0) is 33.0. The summed E-state index contributed by atoms with van der Waals surface area (Å²) in [5, 5.41) is 2.84. The van der Waals surface area contributed by atoms with Crippen LogP contribution in [0, 0.1) is 52.2 Å². The van der Waals surface area contributed by atoms with Gasteiger partial charge >= 0.3 is 0 Å². The average Bonchev–Trinajstić information content (AvgIpc) is 3.54. The third-order valence-corrected chi connectivity index (χ3v) is 8.63. The molecule has 0 saturated heterocycles. The average molecular weight is 790 g/mol. The van der Waals surface area contributed by atoms with Crippen molar-refractivity contribution < 1.29 is 27.3 Å². The number of benzene rings is 2. The monoisotopic (exact) mass is 790 g/mol. The first kappa shape index (κ1) is 30.0. The van der Waals surface area contributed by atoms with Gasteiger partial charge in [0.2, 0.25) is 5.71 Å². The summed E-state index contributed by atoms with van der Waals surface area (Å²) >= 11 is 1.61. The maximum atomic E-state index is 8.78. The Bertz CT molecular complexity index is 2230. The maximum absolute atomic E-state index is 8.78. The van der Waals surface area contributed by atoms with Gasteiger partial charge in [0.05, 0.1) is 5.58 Å². The van der Waals surface area contributed by atoms with Crippen LogP contribution < -0.4 is 0 Å². The summed E-state index contributed by atoms with van der Waals surface area (Å²) < 4.78 is 24.7. The number of hydrogen-bond donors (Lipinski definition) is 0. The van der Waals surface area contributed by atoms with Gasteiger partial charge in [-0.3, -0.25) is 0 Å². The van der Waals surface area contributed by atoms with Crippen molar-refractivity contribution in [2.75, 3.05) is 0 Å². The molecular formula is C39H37IrN3OS-2. The normalized spacial score (nSPS) is 12.4. The van der Waals surface area contributed by atoms with Gasteiger partial charge in [0.1, 0.15) is 0 Å². The molecular weight excluding hydrogens is 751 g/mol. The van der Waals surface area contributed by atoms with Crippen molar-refractivity contribution in [2.24, 2.45) is 5.41 Å². The standard InChI is InChI=1S/C25H23N2OS.C14H14N.Ir/c1-14-9-10-17-16-7-6-8-18(23(16)28-24(17)27-14)21-11-22-20(13-26-21)19(15(2)29-22)12-25(3,4)5;1-10-4-6-13(7-5-10)14-8-11(2)12(3)9-15-14;/h6-7,9-11,13H,12H2,1-5H3;4-6,8-9H,1-3H3;/q2*-1;/i12D2;;. The van der Waals surface area contributed by atoms with Gasteiger partial charge in [-0.05, 0) is 74.1 Å². The number of pyridine rings is 3. The van der Waals surface area contributed by atoms with Crippen LogP contribution in [0.5, 0.6) is 0 Å². The number of aryl methyl sites for hydroxylation is 5. The van der Waals surface area contributed by atoms with Crippen molar-refractivity contribution in [1.82, 2.24) is 15.0 Å². The SMILES string of the molecule is Cc1c[c-]c(-c2cc(C)c(C)cn2)cc1.[2H]C([2H])(c1c(C)sc2cc(-c3[c-]ccc4c3oc3nc(C)ccc34)ncc12)C(C)(C)C.[Ir]. The molecule has 0 aliphatic carbocycles. The van der Waals surface area contributed by atoms with Gasteiger partial charge in [-0.25, -0.2) is 4.98 Å². The molecule has 0 atom stereocenters. The van der Waals surface area contributed by atoms with Crippen molar-refractivity contribution in [3.63, 3.8) is 0 Å². The van der Waals surface area contributed by atoms with E-state index in [4.69, 9.17) is 12.1 Å². The van der Waals surface area contributed by atoms with E-state index in [0.29, 0.717) is 5.71 Å². The van der Waals surface area contributed by atoms with E-state index in [0.717, 1.165) is 65.1 Å². The van der Waals surface area contributed by atoms with Crippen LogP contribution in [-0.2, 0) is 26.5 Å². The molecule has 6 heteroatoms. The van der Waals surface area contributed by atoms with Crippen molar-refractivity contribution in [3.05, 3.63) is 112 Å². The maximum Gasteiger partial charge on any atom is 0.216 e. The van der Waals surface area contributed by atoms with Crippen LogP contribution in [0.3, 0.4) is 0 Å². The third-order valence-electron chi connectivity index (χ3n) is 7.56. The van der Waals surface area contributed by atoms with Crippen molar-refractivity contribution in [1.29, 1.82) is 0 Å². The fourth-order valence-corrected chi connectivity index (χ4v) is 6.15. The Labute approximate surface area is 286 Å². The third kappa shape index (κ3) is 6.94. The van der Waals surface area contributed by atoms with Crippen molar-refractivity contribution in [2.45, 2.75) is 61.8 Å². The molecule has 2 aromatic carbocycles. The van der Waals surface area contributed by atoms with Crippen molar-refractivity contribution in [3.8, 4) is 22.5 Å². The second kappa shape index (κ2) is 13.0. The quantitative estimate of drug-likeness (QED) is 0.167. The molecule has 0 spiro atoms. The van der Waals surface area contributed by atoms with Gasteiger partial charge in [0.15, 0.2) is 0 Å². The predicted molar refractivity (Wildman–Crippen MR) is 184 cm³/mol. The van der Waals surface area contributed by atoms with Crippen LogP contribution in [0.2, 0.25) is 0 Å². The Morgan fingerprint density at radius 2 is 1.62 bits per heavy atom. The number of nitrogens with zero attached hydrogens (tertiary/aromatic N) is 3. The number of thiophene rings is 1. The fourth-order valence-electron chi connectivity index (χ4n) is 5.12. The molecule has 45 heavy (non-hydrogen) atoms. The van der Waals surface area contributed by atoms with E-state index in [9.17, 15) is 0 Å². The van der Waals surface area contributed by atoms with E-state index in [2.05, 4.69) is 61.1 Å². The zero-order valence-corrected chi connectivity index (χ0v) is 30.1. The summed E-state index contributed by atoms with van der Waals surface area (Å²) in [6.45, 7) is 16.0. The van der Waals surface area contributed by atoms with E-state index in [1.807, 2.05) is 77.2 Å². The van der Waals surface area contributed by atoms with E-state index in [1.54, 1.807) is 17.5 Å². The summed E-state index contributed by atoms with van der Waals surface area (Å²) in [6.07, 6.45) is 2.25. The molecule has 0 aliphatic rings. The van der Waals surface area contributed by atoms with Gasteiger partial charge in [0, 0.05) is 61.3 Å². The Morgan fingerprint density at radius 1 is 0.844 bits per heavy atom. The van der Waals surface area contributed by atoms with Crippen LogP contribution in [0.15, 0.2) is 71.4 Å². The minimum atomic E-state index is -1.47. The number of rotatable bonds is 3. The van der Waals surface area contributed by atoms with E-state index < -0.39 is 11.8 Å². The minimum Gasteiger partial charge on any atom is -0.486 e. The number of hydrogen-bond acceptors (Lipinski definition) is 5. The predicted octanol–water partition coefficient (Wildman–Crippen LogP) is 10.7. The van der Waals surface area contributed by atoms with Gasteiger partial charge in [-0.2, -0.15) is 0 Å². The van der Waals surface area contributed by atoms with Crippen molar-refractivity contribution >= 4 is 43.5 Å². The van der Waals surface area contributed by atoms with Gasteiger partial charge in [-0.1, -0.05) is 56.3 Å². The molecule has 7 aromatic rings. The van der Waals surface area contributed by atoms with Crippen LogP contribution in [0.25, 0.3) is 54.7 Å². The molecule has 0 fully saturated rings. The summed E-state index contributed by atoms with van der Waals surface area (Å²) in [7, 11) is 0. The first-order chi connectivity index (χ1) is 21.7. The van der Waals surface area contributed by atoms with Crippen LogP contribution in [0.1, 0.15) is 56.3 Å². The Hall–Kier alpha value is -3.70. The molecule has 5 heterocycles. The molecule has 4 nitrogen and oxygen atoms in total. The Balaban J connectivity index is 0.000000228. The number of fused-ring (bicyclic) bond motifs is 4. The first-order valence-electron chi connectivity index (χ1n) is 15.8. The zero-order valence-electron chi connectivity index (χ0n) is 28.8. The molecule has 0 amide bonds. The van der Waals surface area contributed by atoms with Gasteiger partial charge < -0.3 is 14.4 Å². The number of aromatic nitrogens is 3. The smallest absolute Gasteiger partial charge is 0.216 e. The molecule has 0 aliphatic heterocycles. The summed E-state index contributed by atoms with van der Waals surface area (Å²) in [4.78, 5) is 14.6. The Kier molecular flexibility index (Phi) is 8.63. The Morgan fingerprint density at radius 3 is 2.33 bits per heavy atom.